The maximum atomic E-state index is 13.6. The highest BCUT2D eigenvalue weighted by Gasteiger charge is 2.33. The van der Waals surface area contributed by atoms with Crippen LogP contribution in [0.3, 0.4) is 0 Å². The van der Waals surface area contributed by atoms with Crippen molar-refractivity contribution in [1.82, 2.24) is 13.8 Å². The van der Waals surface area contributed by atoms with Gasteiger partial charge in [0.15, 0.2) is 0 Å². The lowest BCUT2D eigenvalue weighted by atomic mass is 10.1. The molecule has 1 fully saturated rings. The van der Waals surface area contributed by atoms with Crippen molar-refractivity contribution in [2.75, 3.05) is 13.1 Å². The molecule has 1 aromatic carbocycles. The summed E-state index contributed by atoms with van der Waals surface area (Å²) >= 11 is 0. The van der Waals surface area contributed by atoms with Crippen LogP contribution in [-0.4, -0.2) is 41.2 Å². The number of hydrogen-bond acceptors (Lipinski definition) is 4. The molecule has 1 atom stereocenters. The number of rotatable bonds is 7. The summed E-state index contributed by atoms with van der Waals surface area (Å²) in [6.07, 6.45) is 7.37. The van der Waals surface area contributed by atoms with Crippen molar-refractivity contribution >= 4 is 15.9 Å². The number of benzene rings is 1. The minimum absolute atomic E-state index is 0.00237. The lowest BCUT2D eigenvalue weighted by Gasteiger charge is -2.32. The Balaban J connectivity index is 1.63. The highest BCUT2D eigenvalue weighted by atomic mass is 32.2. The van der Waals surface area contributed by atoms with E-state index in [1.165, 1.54) is 10.6 Å². The van der Waals surface area contributed by atoms with Gasteiger partial charge in [0.1, 0.15) is 5.76 Å². The molecule has 176 valence electrons. The van der Waals surface area contributed by atoms with Gasteiger partial charge in [0.25, 0.3) is 0 Å². The predicted octanol–water partition coefficient (Wildman–Crippen LogP) is 4.26. The number of nitrogens with zero attached hydrogens (tertiary/aromatic N) is 3. The Bertz CT molecular complexity index is 1170. The lowest BCUT2D eigenvalue weighted by Crippen LogP contribution is -2.44. The third-order valence-electron chi connectivity index (χ3n) is 6.28. The largest absolute Gasteiger partial charge is 0.468 e. The van der Waals surface area contributed by atoms with Gasteiger partial charge in [-0.05, 0) is 56.2 Å². The second kappa shape index (κ2) is 9.97. The van der Waals surface area contributed by atoms with Gasteiger partial charge >= 0.3 is 0 Å². The summed E-state index contributed by atoms with van der Waals surface area (Å²) in [7, 11) is -1.92. The fraction of sp³-hybridized carbons (Fsp3) is 0.400. The van der Waals surface area contributed by atoms with Crippen molar-refractivity contribution in [1.29, 1.82) is 0 Å². The Morgan fingerprint density at radius 2 is 1.88 bits per heavy atom. The van der Waals surface area contributed by atoms with Gasteiger partial charge in [0.2, 0.25) is 15.9 Å². The van der Waals surface area contributed by atoms with E-state index in [4.69, 9.17) is 4.42 Å². The average Bonchev–Trinajstić information content (AvgIpc) is 3.39. The zero-order valence-electron chi connectivity index (χ0n) is 19.2. The normalized spacial score (nSPS) is 17.3. The third kappa shape index (κ3) is 5.23. The highest BCUT2D eigenvalue weighted by molar-refractivity contribution is 7.89. The molecule has 1 saturated heterocycles. The van der Waals surface area contributed by atoms with Crippen LogP contribution >= 0.6 is 0 Å². The lowest BCUT2D eigenvalue weighted by molar-refractivity contribution is -0.134. The van der Waals surface area contributed by atoms with Gasteiger partial charge in [-0.15, -0.1) is 0 Å². The van der Waals surface area contributed by atoms with E-state index in [1.54, 1.807) is 36.4 Å². The predicted molar refractivity (Wildman–Crippen MR) is 126 cm³/mol. The number of sulfonamides is 1. The first-order valence-corrected chi connectivity index (χ1v) is 12.8. The minimum Gasteiger partial charge on any atom is -0.468 e. The van der Waals surface area contributed by atoms with Crippen molar-refractivity contribution in [2.45, 2.75) is 50.1 Å². The van der Waals surface area contributed by atoms with Crippen LogP contribution in [0.1, 0.15) is 48.7 Å². The molecule has 1 aliphatic rings. The van der Waals surface area contributed by atoms with Gasteiger partial charge in [-0.2, -0.15) is 4.31 Å². The number of likely N-dealkylation sites (tertiary alicyclic amines) is 1. The number of aryl methyl sites for hydroxylation is 2. The maximum Gasteiger partial charge on any atom is 0.243 e. The SMILES string of the molecule is Cc1ccc(S(=O)(=O)N(CC(=O)N2CCCCC[C@@H]2c2cccn2C)Cc2ccco2)cc1. The first kappa shape index (κ1) is 23.3. The molecule has 0 spiro atoms. The molecule has 4 rings (SSSR count). The zero-order valence-corrected chi connectivity index (χ0v) is 20.0. The number of carbonyl (C=O) groups is 1. The van der Waals surface area contributed by atoms with Gasteiger partial charge in [-0.25, -0.2) is 8.42 Å². The Labute approximate surface area is 195 Å². The van der Waals surface area contributed by atoms with Gasteiger partial charge in [0.05, 0.1) is 30.3 Å². The summed E-state index contributed by atoms with van der Waals surface area (Å²) in [6, 6.07) is 14.1. The molecule has 7 nitrogen and oxygen atoms in total. The van der Waals surface area contributed by atoms with Gasteiger partial charge in [0, 0.05) is 25.5 Å². The van der Waals surface area contributed by atoms with Gasteiger partial charge < -0.3 is 13.9 Å². The molecule has 0 radical (unpaired) electrons. The molecule has 3 heterocycles. The zero-order chi connectivity index (χ0) is 23.4. The van der Waals surface area contributed by atoms with Crippen LogP contribution in [0.15, 0.2) is 70.3 Å². The molecular formula is C25H31N3O4S. The van der Waals surface area contributed by atoms with Crippen molar-refractivity contribution in [3.8, 4) is 0 Å². The number of furan rings is 1. The van der Waals surface area contributed by atoms with Crippen molar-refractivity contribution < 1.29 is 17.6 Å². The van der Waals surface area contributed by atoms with Crippen LogP contribution in [0.25, 0.3) is 0 Å². The van der Waals surface area contributed by atoms with E-state index in [0.29, 0.717) is 12.3 Å². The number of carbonyl (C=O) groups excluding carboxylic acids is 1. The second-order valence-corrected chi connectivity index (χ2v) is 10.6. The van der Waals surface area contributed by atoms with Crippen LogP contribution in [0.4, 0.5) is 0 Å². The minimum atomic E-state index is -3.90. The fourth-order valence-electron chi connectivity index (χ4n) is 4.44. The van der Waals surface area contributed by atoms with E-state index in [0.717, 1.165) is 36.9 Å². The molecule has 1 aliphatic heterocycles. The van der Waals surface area contributed by atoms with Crippen LogP contribution in [0, 0.1) is 6.92 Å². The molecule has 0 unspecified atom stereocenters. The molecule has 0 aliphatic carbocycles. The van der Waals surface area contributed by atoms with Crippen LogP contribution < -0.4 is 0 Å². The van der Waals surface area contributed by atoms with E-state index in [9.17, 15) is 13.2 Å². The first-order chi connectivity index (χ1) is 15.9. The summed E-state index contributed by atoms with van der Waals surface area (Å²) in [5, 5.41) is 0. The Morgan fingerprint density at radius 3 is 2.55 bits per heavy atom. The number of amides is 1. The molecule has 0 N–H and O–H groups in total. The number of hydrogen-bond donors (Lipinski definition) is 0. The third-order valence-corrected chi connectivity index (χ3v) is 8.09. The van der Waals surface area contributed by atoms with E-state index in [1.807, 2.05) is 41.8 Å². The summed E-state index contributed by atoms with van der Waals surface area (Å²) in [5.41, 5.74) is 2.04. The quantitative estimate of drug-likeness (QED) is 0.518. The summed E-state index contributed by atoms with van der Waals surface area (Å²) in [5.74, 6) is 0.304. The smallest absolute Gasteiger partial charge is 0.243 e. The maximum absolute atomic E-state index is 13.6. The Hall–Kier alpha value is -2.84. The number of aromatic nitrogens is 1. The fourth-order valence-corrected chi connectivity index (χ4v) is 5.79. The first-order valence-electron chi connectivity index (χ1n) is 11.4. The van der Waals surface area contributed by atoms with E-state index >= 15 is 0 Å². The van der Waals surface area contributed by atoms with Gasteiger partial charge in [-0.3, -0.25) is 4.79 Å². The van der Waals surface area contributed by atoms with E-state index in [2.05, 4.69) is 0 Å². The Kier molecular flexibility index (Phi) is 7.05. The molecule has 0 bridgehead atoms. The molecule has 1 amide bonds. The average molecular weight is 470 g/mol. The monoisotopic (exact) mass is 469 g/mol. The Morgan fingerprint density at radius 1 is 1.09 bits per heavy atom. The molecule has 8 heteroatoms. The van der Waals surface area contributed by atoms with Crippen LogP contribution in [0.2, 0.25) is 0 Å². The van der Waals surface area contributed by atoms with Crippen molar-refractivity contribution in [2.24, 2.45) is 7.05 Å². The molecular weight excluding hydrogens is 438 g/mol. The molecule has 0 saturated carbocycles. The summed E-state index contributed by atoms with van der Waals surface area (Å²) in [4.78, 5) is 15.7. The standard InChI is InChI=1S/C25H31N3O4S/c1-20-11-13-22(14-12-20)33(30,31)27(18-21-8-7-17-32-21)19-25(29)28-16-5-3-4-9-24(28)23-10-6-15-26(23)2/h6-8,10-15,17,24H,3-5,9,16,18-19H2,1-2H3/t24-/m1/s1. The van der Waals surface area contributed by atoms with E-state index in [-0.39, 0.29) is 29.9 Å². The second-order valence-electron chi connectivity index (χ2n) is 8.66. The van der Waals surface area contributed by atoms with E-state index < -0.39 is 10.0 Å². The topological polar surface area (TPSA) is 75.8 Å². The molecule has 33 heavy (non-hydrogen) atoms. The summed E-state index contributed by atoms with van der Waals surface area (Å²) < 4.78 is 35.8. The van der Waals surface area contributed by atoms with Crippen LogP contribution in [-0.2, 0) is 28.4 Å². The van der Waals surface area contributed by atoms with Crippen molar-refractivity contribution in [3.63, 3.8) is 0 Å². The van der Waals surface area contributed by atoms with Gasteiger partial charge in [-0.1, -0.05) is 30.5 Å². The molecule has 3 aromatic rings. The molecule has 2 aromatic heterocycles. The van der Waals surface area contributed by atoms with Crippen molar-refractivity contribution in [3.05, 3.63) is 78.0 Å². The highest BCUT2D eigenvalue weighted by Crippen LogP contribution is 2.31. The van der Waals surface area contributed by atoms with Crippen LogP contribution in [0.5, 0.6) is 0 Å². The summed E-state index contributed by atoms with van der Waals surface area (Å²) in [6.45, 7) is 2.28.